The molecule has 29 heavy (non-hydrogen) atoms. The van der Waals surface area contributed by atoms with Gasteiger partial charge in [-0.25, -0.2) is 8.42 Å². The predicted molar refractivity (Wildman–Crippen MR) is 102 cm³/mol. The van der Waals surface area contributed by atoms with Crippen LogP contribution in [0.1, 0.15) is 5.56 Å². The lowest BCUT2D eigenvalue weighted by Gasteiger charge is -2.37. The number of alkyl halides is 3. The molecule has 1 aliphatic heterocycles. The number of rotatable bonds is 4. The van der Waals surface area contributed by atoms with Crippen LogP contribution in [0.2, 0.25) is 0 Å². The van der Waals surface area contributed by atoms with Crippen LogP contribution in [0.15, 0.2) is 47.4 Å². The zero-order chi connectivity index (χ0) is 21.4. The van der Waals surface area contributed by atoms with Crippen LogP contribution >= 0.6 is 0 Å². The van der Waals surface area contributed by atoms with E-state index in [0.29, 0.717) is 31.9 Å². The molecule has 1 aliphatic rings. The van der Waals surface area contributed by atoms with Crippen molar-refractivity contribution in [3.05, 3.63) is 58.1 Å². The van der Waals surface area contributed by atoms with Gasteiger partial charge in [-0.05, 0) is 36.4 Å². The van der Waals surface area contributed by atoms with Gasteiger partial charge in [0.2, 0.25) is 0 Å². The Morgan fingerprint density at radius 3 is 2.00 bits per heavy atom. The Bertz CT molecular complexity index is 1020. The van der Waals surface area contributed by atoms with E-state index in [9.17, 15) is 31.7 Å². The van der Waals surface area contributed by atoms with E-state index in [4.69, 9.17) is 0 Å². The van der Waals surface area contributed by atoms with E-state index < -0.39 is 32.2 Å². The quantitative estimate of drug-likeness (QED) is 0.548. The molecule has 1 fully saturated rings. The Hall–Kier alpha value is -2.82. The summed E-state index contributed by atoms with van der Waals surface area (Å²) in [6.07, 6.45) is -3.48. The monoisotopic (exact) mass is 429 g/mol. The van der Waals surface area contributed by atoms with Gasteiger partial charge in [-0.2, -0.15) is 13.2 Å². The zero-order valence-corrected chi connectivity index (χ0v) is 16.2. The Balaban J connectivity index is 1.80. The fourth-order valence-electron chi connectivity index (χ4n) is 3.32. The predicted octanol–water partition coefficient (Wildman–Crippen LogP) is 3.34. The number of para-hydroxylation sites is 1. The van der Waals surface area contributed by atoms with Crippen molar-refractivity contribution in [2.75, 3.05) is 42.2 Å². The molecule has 0 aliphatic carbocycles. The van der Waals surface area contributed by atoms with E-state index in [1.54, 1.807) is 4.90 Å². The molecule has 0 unspecified atom stereocenters. The topological polar surface area (TPSA) is 83.8 Å². The molecule has 1 saturated heterocycles. The van der Waals surface area contributed by atoms with Crippen molar-refractivity contribution in [3.8, 4) is 0 Å². The van der Waals surface area contributed by atoms with Crippen molar-refractivity contribution in [1.82, 2.24) is 0 Å². The van der Waals surface area contributed by atoms with Crippen LogP contribution in [-0.4, -0.2) is 45.8 Å². The molecule has 156 valence electrons. The van der Waals surface area contributed by atoms with E-state index in [1.165, 1.54) is 30.3 Å². The van der Waals surface area contributed by atoms with Gasteiger partial charge in [-0.15, -0.1) is 0 Å². The molecular weight excluding hydrogens is 411 g/mol. The van der Waals surface area contributed by atoms with Crippen molar-refractivity contribution in [2.24, 2.45) is 0 Å². The van der Waals surface area contributed by atoms with Crippen LogP contribution in [0.3, 0.4) is 0 Å². The van der Waals surface area contributed by atoms with Gasteiger partial charge in [0, 0.05) is 38.1 Å². The summed E-state index contributed by atoms with van der Waals surface area (Å²) >= 11 is 0. The largest absolute Gasteiger partial charge is 0.416 e. The lowest BCUT2D eigenvalue weighted by atomic mass is 10.1. The Kier molecular flexibility index (Phi) is 5.44. The second-order valence-electron chi connectivity index (χ2n) is 6.67. The summed E-state index contributed by atoms with van der Waals surface area (Å²) in [4.78, 5) is 14.1. The van der Waals surface area contributed by atoms with Gasteiger partial charge in [-0.3, -0.25) is 10.1 Å². The minimum absolute atomic E-state index is 0.213. The van der Waals surface area contributed by atoms with E-state index in [2.05, 4.69) is 0 Å². The van der Waals surface area contributed by atoms with Crippen LogP contribution in [-0.2, 0) is 16.0 Å². The van der Waals surface area contributed by atoms with Crippen LogP contribution in [0.25, 0.3) is 0 Å². The molecule has 2 aromatic rings. The second kappa shape index (κ2) is 7.54. The summed E-state index contributed by atoms with van der Waals surface area (Å²) in [5.74, 6) is 0. The first-order valence-electron chi connectivity index (χ1n) is 8.63. The highest BCUT2D eigenvalue weighted by Crippen LogP contribution is 2.36. The van der Waals surface area contributed by atoms with Gasteiger partial charge in [0.15, 0.2) is 9.84 Å². The average molecular weight is 429 g/mol. The molecule has 0 saturated carbocycles. The molecule has 0 N–H and O–H groups in total. The Morgan fingerprint density at radius 1 is 0.966 bits per heavy atom. The molecule has 0 aromatic heterocycles. The maximum absolute atomic E-state index is 12.7. The standard InChI is InChI=1S/C18H18F3N3O4S/c1-29(27,28)16-4-2-3-15(17(16)24(25)26)23-11-9-22(10-12-23)14-7-5-13(6-8-14)18(19,20)21/h2-8H,9-12H2,1H3. The number of halogens is 3. The van der Waals surface area contributed by atoms with Crippen LogP contribution in [0, 0.1) is 10.1 Å². The van der Waals surface area contributed by atoms with Gasteiger partial charge >= 0.3 is 11.9 Å². The van der Waals surface area contributed by atoms with Gasteiger partial charge in [0.25, 0.3) is 0 Å². The normalized spacial score (nSPS) is 15.4. The number of hydrogen-bond acceptors (Lipinski definition) is 6. The molecule has 2 aromatic carbocycles. The molecule has 3 rings (SSSR count). The zero-order valence-electron chi connectivity index (χ0n) is 15.4. The molecule has 1 heterocycles. The maximum atomic E-state index is 12.7. The highest BCUT2D eigenvalue weighted by Gasteiger charge is 2.32. The average Bonchev–Trinajstić information content (AvgIpc) is 2.66. The molecule has 0 spiro atoms. The van der Waals surface area contributed by atoms with Gasteiger partial charge in [0.1, 0.15) is 10.6 Å². The van der Waals surface area contributed by atoms with Crippen LogP contribution < -0.4 is 9.80 Å². The molecule has 11 heteroatoms. The highest BCUT2D eigenvalue weighted by atomic mass is 32.2. The molecule has 0 radical (unpaired) electrons. The molecular formula is C18H18F3N3O4S. The summed E-state index contributed by atoms with van der Waals surface area (Å²) in [6.45, 7) is 1.56. The number of benzene rings is 2. The van der Waals surface area contributed by atoms with Gasteiger partial charge < -0.3 is 9.80 Å². The maximum Gasteiger partial charge on any atom is 0.416 e. The lowest BCUT2D eigenvalue weighted by Crippen LogP contribution is -2.46. The summed E-state index contributed by atoms with van der Waals surface area (Å²) < 4.78 is 61.9. The first kappa shape index (κ1) is 20.9. The third kappa shape index (κ3) is 4.44. The minimum atomic E-state index is -4.40. The number of nitro groups is 1. The fourth-order valence-corrected chi connectivity index (χ4v) is 4.17. The highest BCUT2D eigenvalue weighted by molar-refractivity contribution is 7.90. The van der Waals surface area contributed by atoms with Crippen molar-refractivity contribution < 1.29 is 26.5 Å². The Labute approximate surface area is 165 Å². The minimum Gasteiger partial charge on any atom is -0.368 e. The molecule has 0 amide bonds. The first-order chi connectivity index (χ1) is 13.5. The van der Waals surface area contributed by atoms with E-state index in [0.717, 1.165) is 18.4 Å². The van der Waals surface area contributed by atoms with Crippen molar-refractivity contribution >= 4 is 26.9 Å². The lowest BCUT2D eigenvalue weighted by molar-refractivity contribution is -0.387. The number of piperazine rings is 1. The summed E-state index contributed by atoms with van der Waals surface area (Å²) in [6, 6.07) is 8.98. The molecule has 0 bridgehead atoms. The molecule has 0 atom stereocenters. The van der Waals surface area contributed by atoms with E-state index in [-0.39, 0.29) is 10.6 Å². The first-order valence-corrected chi connectivity index (χ1v) is 10.5. The van der Waals surface area contributed by atoms with Crippen LogP contribution in [0.4, 0.5) is 30.2 Å². The summed E-state index contributed by atoms with van der Waals surface area (Å²) in [5.41, 5.74) is -0.354. The third-order valence-electron chi connectivity index (χ3n) is 4.74. The number of sulfone groups is 1. The number of anilines is 2. The van der Waals surface area contributed by atoms with Crippen molar-refractivity contribution in [2.45, 2.75) is 11.1 Å². The molecule has 7 nitrogen and oxygen atoms in total. The second-order valence-corrected chi connectivity index (χ2v) is 8.66. The van der Waals surface area contributed by atoms with E-state index in [1.807, 2.05) is 4.90 Å². The van der Waals surface area contributed by atoms with Crippen LogP contribution in [0.5, 0.6) is 0 Å². The van der Waals surface area contributed by atoms with E-state index >= 15 is 0 Å². The van der Waals surface area contributed by atoms with Crippen molar-refractivity contribution in [1.29, 1.82) is 0 Å². The fraction of sp³-hybridized carbons (Fsp3) is 0.333. The Morgan fingerprint density at radius 2 is 1.52 bits per heavy atom. The summed E-state index contributed by atoms with van der Waals surface area (Å²) in [5, 5.41) is 11.5. The number of nitro benzene ring substituents is 1. The third-order valence-corrected chi connectivity index (χ3v) is 5.87. The number of hydrogen-bond donors (Lipinski definition) is 0. The van der Waals surface area contributed by atoms with Crippen molar-refractivity contribution in [3.63, 3.8) is 0 Å². The van der Waals surface area contributed by atoms with Gasteiger partial charge in [-0.1, -0.05) is 6.07 Å². The SMILES string of the molecule is CS(=O)(=O)c1cccc(N2CCN(c3ccc(C(F)(F)F)cc3)CC2)c1[N+](=O)[O-]. The summed E-state index contributed by atoms with van der Waals surface area (Å²) in [7, 11) is -3.78. The number of nitrogens with zero attached hydrogens (tertiary/aromatic N) is 3. The van der Waals surface area contributed by atoms with Gasteiger partial charge in [0.05, 0.1) is 10.5 Å². The smallest absolute Gasteiger partial charge is 0.368 e.